The molecule has 28 heavy (non-hydrogen) atoms. The Kier molecular flexibility index (Phi) is 4.18. The Morgan fingerprint density at radius 1 is 1.07 bits per heavy atom. The highest BCUT2D eigenvalue weighted by molar-refractivity contribution is 6.36. The van der Waals surface area contributed by atoms with Crippen LogP contribution < -0.4 is 9.80 Å². The second-order valence-corrected chi connectivity index (χ2v) is 7.97. The van der Waals surface area contributed by atoms with E-state index in [1.807, 2.05) is 4.90 Å². The van der Waals surface area contributed by atoms with E-state index in [2.05, 4.69) is 18.8 Å². The summed E-state index contributed by atoms with van der Waals surface area (Å²) < 4.78 is 0. The van der Waals surface area contributed by atoms with Gasteiger partial charge in [-0.05, 0) is 42.5 Å². The molecule has 7 nitrogen and oxygen atoms in total. The molecule has 7 heteroatoms. The molecular weight excluding hydrogens is 358 g/mol. The molecular formula is C21H21N3O4. The number of nitrogens with zero attached hydrogens (tertiary/aromatic N) is 3. The maximum absolute atomic E-state index is 13.2. The van der Waals surface area contributed by atoms with Crippen molar-refractivity contribution in [3.63, 3.8) is 0 Å². The minimum atomic E-state index is -1.11. The Morgan fingerprint density at radius 2 is 1.79 bits per heavy atom. The number of aromatic carboxylic acids is 1. The highest BCUT2D eigenvalue weighted by Gasteiger charge is 2.42. The minimum Gasteiger partial charge on any atom is -0.478 e. The van der Waals surface area contributed by atoms with Crippen LogP contribution >= 0.6 is 0 Å². The van der Waals surface area contributed by atoms with Gasteiger partial charge in [0.25, 0.3) is 11.8 Å². The van der Waals surface area contributed by atoms with E-state index in [4.69, 9.17) is 0 Å². The molecule has 1 aromatic heterocycles. The van der Waals surface area contributed by atoms with Gasteiger partial charge in [0.2, 0.25) is 0 Å². The van der Waals surface area contributed by atoms with E-state index in [-0.39, 0.29) is 27.9 Å². The molecule has 2 amide bonds. The molecule has 2 aliphatic heterocycles. The summed E-state index contributed by atoms with van der Waals surface area (Å²) in [6.45, 7) is 5.62. The fourth-order valence-corrected chi connectivity index (χ4v) is 3.84. The molecule has 1 saturated heterocycles. The Bertz CT molecular complexity index is 975. The van der Waals surface area contributed by atoms with Crippen LogP contribution in [0.1, 0.15) is 57.8 Å². The highest BCUT2D eigenvalue weighted by atomic mass is 16.4. The smallest absolute Gasteiger partial charge is 0.337 e. The van der Waals surface area contributed by atoms with E-state index in [9.17, 15) is 19.5 Å². The highest BCUT2D eigenvalue weighted by Crippen LogP contribution is 2.40. The first kappa shape index (κ1) is 18.2. The Labute approximate surface area is 162 Å². The van der Waals surface area contributed by atoms with Gasteiger partial charge in [0, 0.05) is 19.3 Å². The van der Waals surface area contributed by atoms with Gasteiger partial charge in [-0.3, -0.25) is 9.59 Å². The van der Waals surface area contributed by atoms with E-state index in [0.29, 0.717) is 18.8 Å². The topological polar surface area (TPSA) is 90.8 Å². The van der Waals surface area contributed by atoms with E-state index in [0.717, 1.165) is 17.7 Å². The van der Waals surface area contributed by atoms with Crippen molar-refractivity contribution in [3.05, 3.63) is 53.2 Å². The average molecular weight is 379 g/mol. The molecule has 0 saturated carbocycles. The lowest BCUT2D eigenvalue weighted by molar-refractivity contribution is 0.0697. The SMILES string of the molecule is CC1(C)CCN(c2c(C(=O)O)ccc3c2C(=O)N(c2ccccn2)C3=O)CC1. The van der Waals surface area contributed by atoms with Crippen LogP contribution in [-0.2, 0) is 0 Å². The lowest BCUT2D eigenvalue weighted by Gasteiger charge is -2.39. The van der Waals surface area contributed by atoms with Gasteiger partial charge in [-0.15, -0.1) is 0 Å². The fraction of sp³-hybridized carbons (Fsp3) is 0.333. The van der Waals surface area contributed by atoms with Crippen molar-refractivity contribution >= 4 is 29.3 Å². The van der Waals surface area contributed by atoms with Crippen LogP contribution in [0.25, 0.3) is 0 Å². The van der Waals surface area contributed by atoms with Gasteiger partial charge in [-0.1, -0.05) is 19.9 Å². The van der Waals surface area contributed by atoms with Gasteiger partial charge < -0.3 is 10.0 Å². The zero-order chi connectivity index (χ0) is 20.1. The molecule has 4 rings (SSSR count). The summed E-state index contributed by atoms with van der Waals surface area (Å²) in [5.74, 6) is -1.88. The van der Waals surface area contributed by atoms with Crippen LogP contribution in [0.2, 0.25) is 0 Å². The number of benzene rings is 1. The number of pyridine rings is 1. The Morgan fingerprint density at radius 3 is 2.39 bits per heavy atom. The molecule has 0 spiro atoms. The summed E-state index contributed by atoms with van der Waals surface area (Å²) in [6.07, 6.45) is 3.26. The van der Waals surface area contributed by atoms with Gasteiger partial charge >= 0.3 is 5.97 Å². The van der Waals surface area contributed by atoms with Crippen LogP contribution in [0.5, 0.6) is 0 Å². The standard InChI is InChI=1S/C21H21N3O4/c1-21(2)8-11-23(12-9-21)17-14(20(27)28)7-6-13-16(17)19(26)24(18(13)25)15-5-3-4-10-22-15/h3-7,10H,8-9,11-12H2,1-2H3,(H,27,28). The van der Waals surface area contributed by atoms with E-state index in [1.165, 1.54) is 18.3 Å². The molecule has 0 bridgehead atoms. The molecule has 2 aromatic rings. The zero-order valence-corrected chi connectivity index (χ0v) is 15.8. The maximum Gasteiger partial charge on any atom is 0.337 e. The number of hydrogen-bond acceptors (Lipinski definition) is 5. The molecule has 1 aromatic carbocycles. The summed E-state index contributed by atoms with van der Waals surface area (Å²) in [6, 6.07) is 7.83. The van der Waals surface area contributed by atoms with Crippen LogP contribution in [-0.4, -0.2) is 41.0 Å². The van der Waals surface area contributed by atoms with E-state index in [1.54, 1.807) is 18.2 Å². The van der Waals surface area contributed by atoms with Crippen LogP contribution in [0.15, 0.2) is 36.5 Å². The van der Waals surface area contributed by atoms with Crippen molar-refractivity contribution in [2.45, 2.75) is 26.7 Å². The van der Waals surface area contributed by atoms with Crippen molar-refractivity contribution in [1.29, 1.82) is 0 Å². The monoisotopic (exact) mass is 379 g/mol. The molecule has 0 aliphatic carbocycles. The normalized spacial score (nSPS) is 18.4. The number of rotatable bonds is 3. The number of fused-ring (bicyclic) bond motifs is 1. The molecule has 1 fully saturated rings. The molecule has 2 aliphatic rings. The number of piperidine rings is 1. The number of anilines is 2. The molecule has 0 radical (unpaired) electrons. The number of imide groups is 1. The summed E-state index contributed by atoms with van der Waals surface area (Å²) in [5.41, 5.74) is 0.938. The van der Waals surface area contributed by atoms with Gasteiger partial charge in [0.05, 0.1) is 22.4 Å². The first-order valence-electron chi connectivity index (χ1n) is 9.25. The third-order valence-corrected chi connectivity index (χ3v) is 5.57. The molecule has 0 atom stereocenters. The number of carbonyl (C=O) groups excluding carboxylic acids is 2. The number of hydrogen-bond donors (Lipinski definition) is 1. The van der Waals surface area contributed by atoms with Crippen LogP contribution in [0.4, 0.5) is 11.5 Å². The molecule has 3 heterocycles. The first-order chi connectivity index (χ1) is 13.3. The van der Waals surface area contributed by atoms with Crippen molar-refractivity contribution in [3.8, 4) is 0 Å². The summed E-state index contributed by atoms with van der Waals surface area (Å²) in [5, 5.41) is 9.72. The van der Waals surface area contributed by atoms with Gasteiger partial charge in [0.15, 0.2) is 0 Å². The van der Waals surface area contributed by atoms with Crippen LogP contribution in [0.3, 0.4) is 0 Å². The third-order valence-electron chi connectivity index (χ3n) is 5.57. The van der Waals surface area contributed by atoms with Crippen molar-refractivity contribution in [2.24, 2.45) is 5.41 Å². The minimum absolute atomic E-state index is 0.0440. The summed E-state index contributed by atoms with van der Waals surface area (Å²) in [7, 11) is 0. The Balaban J connectivity index is 1.84. The summed E-state index contributed by atoms with van der Waals surface area (Å²) in [4.78, 5) is 45.1. The van der Waals surface area contributed by atoms with Gasteiger partial charge in [-0.25, -0.2) is 14.7 Å². The van der Waals surface area contributed by atoms with Gasteiger partial charge in [-0.2, -0.15) is 0 Å². The van der Waals surface area contributed by atoms with E-state index < -0.39 is 17.8 Å². The molecule has 0 unspecified atom stereocenters. The number of carboxylic acids is 1. The number of carboxylic acid groups (broad SMARTS) is 1. The number of amides is 2. The van der Waals surface area contributed by atoms with Crippen molar-refractivity contribution in [1.82, 2.24) is 4.98 Å². The fourth-order valence-electron chi connectivity index (χ4n) is 3.84. The third kappa shape index (κ3) is 2.83. The number of carbonyl (C=O) groups is 3. The maximum atomic E-state index is 13.2. The largest absolute Gasteiger partial charge is 0.478 e. The zero-order valence-electron chi connectivity index (χ0n) is 15.8. The van der Waals surface area contributed by atoms with Crippen molar-refractivity contribution < 1.29 is 19.5 Å². The number of aromatic nitrogens is 1. The van der Waals surface area contributed by atoms with E-state index >= 15 is 0 Å². The van der Waals surface area contributed by atoms with Crippen molar-refractivity contribution in [2.75, 3.05) is 22.9 Å². The summed E-state index contributed by atoms with van der Waals surface area (Å²) >= 11 is 0. The predicted octanol–water partition coefficient (Wildman–Crippen LogP) is 3.21. The lowest BCUT2D eigenvalue weighted by atomic mass is 9.82. The molecule has 1 N–H and O–H groups in total. The van der Waals surface area contributed by atoms with Gasteiger partial charge in [0.1, 0.15) is 5.82 Å². The molecule has 144 valence electrons. The first-order valence-corrected chi connectivity index (χ1v) is 9.25. The second-order valence-electron chi connectivity index (χ2n) is 7.97. The second kappa shape index (κ2) is 6.44. The Hall–Kier alpha value is -3.22. The van der Waals surface area contributed by atoms with Crippen LogP contribution in [0, 0.1) is 5.41 Å². The lowest BCUT2D eigenvalue weighted by Crippen LogP contribution is -2.39. The average Bonchev–Trinajstić information content (AvgIpc) is 2.92. The quantitative estimate of drug-likeness (QED) is 0.824. The predicted molar refractivity (Wildman–Crippen MR) is 104 cm³/mol.